The van der Waals surface area contributed by atoms with Gasteiger partial charge in [-0.05, 0) is 69.5 Å². The zero-order valence-corrected chi connectivity index (χ0v) is 13.1. The van der Waals surface area contributed by atoms with E-state index in [1.54, 1.807) is 0 Å². The second-order valence-electron chi connectivity index (χ2n) is 6.60. The Balaban J connectivity index is 1.76. The molecule has 0 aromatic heterocycles. The summed E-state index contributed by atoms with van der Waals surface area (Å²) < 4.78 is 0. The minimum atomic E-state index is 0.159. The third kappa shape index (κ3) is 2.77. The Hall–Kier alpha value is -1.55. The van der Waals surface area contributed by atoms with Gasteiger partial charge >= 0.3 is 0 Å². The van der Waals surface area contributed by atoms with Gasteiger partial charge < -0.3 is 15.5 Å². The van der Waals surface area contributed by atoms with E-state index in [4.69, 9.17) is 11.1 Å². The SMILES string of the molecule is Cc1cc(N2CCC3C(CCCN3C)C2)ccc1C(=N)N. The summed E-state index contributed by atoms with van der Waals surface area (Å²) in [6, 6.07) is 7.07. The number of hydrogen-bond acceptors (Lipinski definition) is 3. The molecular formula is C17H26N4. The van der Waals surface area contributed by atoms with E-state index in [1.807, 2.05) is 13.0 Å². The Kier molecular flexibility index (Phi) is 3.89. The van der Waals surface area contributed by atoms with E-state index in [-0.39, 0.29) is 5.84 Å². The maximum absolute atomic E-state index is 7.59. The van der Waals surface area contributed by atoms with Crippen molar-refractivity contribution < 1.29 is 0 Å². The van der Waals surface area contributed by atoms with Crippen molar-refractivity contribution in [3.63, 3.8) is 0 Å². The van der Waals surface area contributed by atoms with Crippen LogP contribution in [-0.2, 0) is 0 Å². The molecule has 114 valence electrons. The maximum Gasteiger partial charge on any atom is 0.123 e. The lowest BCUT2D eigenvalue weighted by molar-refractivity contribution is 0.102. The zero-order chi connectivity index (χ0) is 15.0. The Bertz CT molecular complexity index is 540. The first kappa shape index (κ1) is 14.4. The number of aryl methyl sites for hydroxylation is 1. The largest absolute Gasteiger partial charge is 0.384 e. The number of amidine groups is 1. The summed E-state index contributed by atoms with van der Waals surface area (Å²) in [5, 5.41) is 7.59. The predicted molar refractivity (Wildman–Crippen MR) is 88.2 cm³/mol. The van der Waals surface area contributed by atoms with Crippen LogP contribution < -0.4 is 10.6 Å². The molecule has 0 amide bonds. The molecule has 0 radical (unpaired) electrons. The van der Waals surface area contributed by atoms with Crippen LogP contribution in [0.3, 0.4) is 0 Å². The van der Waals surface area contributed by atoms with Gasteiger partial charge in [-0.25, -0.2) is 0 Å². The Morgan fingerprint density at radius 2 is 2.10 bits per heavy atom. The van der Waals surface area contributed by atoms with Crippen LogP contribution in [0.15, 0.2) is 18.2 Å². The highest BCUT2D eigenvalue weighted by atomic mass is 15.2. The van der Waals surface area contributed by atoms with Gasteiger partial charge in [-0.1, -0.05) is 0 Å². The van der Waals surface area contributed by atoms with Crippen molar-refractivity contribution in [3.8, 4) is 0 Å². The topological polar surface area (TPSA) is 56.4 Å². The highest BCUT2D eigenvalue weighted by Gasteiger charge is 2.34. The number of nitrogens with one attached hydrogen (secondary N) is 1. The van der Waals surface area contributed by atoms with Crippen LogP contribution in [0.2, 0.25) is 0 Å². The number of nitrogen functional groups attached to an aromatic ring is 1. The number of rotatable bonds is 2. The average molecular weight is 286 g/mol. The summed E-state index contributed by atoms with van der Waals surface area (Å²) >= 11 is 0. The first-order chi connectivity index (χ1) is 10.1. The monoisotopic (exact) mass is 286 g/mol. The van der Waals surface area contributed by atoms with E-state index in [0.717, 1.165) is 36.2 Å². The summed E-state index contributed by atoms with van der Waals surface area (Å²) in [6.07, 6.45) is 3.94. The van der Waals surface area contributed by atoms with Crippen LogP contribution in [-0.4, -0.2) is 43.5 Å². The molecule has 3 N–H and O–H groups in total. The van der Waals surface area contributed by atoms with E-state index < -0.39 is 0 Å². The average Bonchev–Trinajstić information content (AvgIpc) is 2.46. The number of benzene rings is 1. The van der Waals surface area contributed by atoms with Crippen LogP contribution in [0.4, 0.5) is 5.69 Å². The molecule has 4 heteroatoms. The van der Waals surface area contributed by atoms with Gasteiger partial charge in [-0.3, -0.25) is 5.41 Å². The summed E-state index contributed by atoms with van der Waals surface area (Å²) in [7, 11) is 2.28. The molecule has 2 aliphatic heterocycles. The quantitative estimate of drug-likeness (QED) is 0.647. The molecule has 3 rings (SSSR count). The molecular weight excluding hydrogens is 260 g/mol. The summed E-state index contributed by atoms with van der Waals surface area (Å²) in [6.45, 7) is 5.59. The van der Waals surface area contributed by atoms with Crippen LogP contribution in [0.1, 0.15) is 30.4 Å². The molecule has 2 aliphatic rings. The van der Waals surface area contributed by atoms with Gasteiger partial charge in [0.15, 0.2) is 0 Å². The lowest BCUT2D eigenvalue weighted by Crippen LogP contribution is -2.52. The lowest BCUT2D eigenvalue weighted by atomic mass is 9.84. The van der Waals surface area contributed by atoms with Crippen molar-refractivity contribution in [2.75, 3.05) is 31.6 Å². The summed E-state index contributed by atoms with van der Waals surface area (Å²) in [5.41, 5.74) is 8.84. The van der Waals surface area contributed by atoms with Crippen LogP contribution in [0, 0.1) is 18.3 Å². The van der Waals surface area contributed by atoms with Crippen LogP contribution in [0.5, 0.6) is 0 Å². The molecule has 2 unspecified atom stereocenters. The molecule has 0 bridgehead atoms. The van der Waals surface area contributed by atoms with Crippen molar-refractivity contribution in [3.05, 3.63) is 29.3 Å². The molecule has 4 nitrogen and oxygen atoms in total. The first-order valence-corrected chi connectivity index (χ1v) is 7.96. The highest BCUT2D eigenvalue weighted by molar-refractivity contribution is 5.96. The van der Waals surface area contributed by atoms with Crippen molar-refractivity contribution in [2.24, 2.45) is 11.7 Å². The zero-order valence-electron chi connectivity index (χ0n) is 13.1. The lowest BCUT2D eigenvalue weighted by Gasteiger charge is -2.46. The molecule has 0 aliphatic carbocycles. The second kappa shape index (κ2) is 5.68. The van der Waals surface area contributed by atoms with Crippen molar-refractivity contribution >= 4 is 11.5 Å². The van der Waals surface area contributed by atoms with E-state index in [0.29, 0.717) is 0 Å². The van der Waals surface area contributed by atoms with Gasteiger partial charge in [0, 0.05) is 30.4 Å². The number of nitrogens with zero attached hydrogens (tertiary/aromatic N) is 2. The molecule has 2 saturated heterocycles. The van der Waals surface area contributed by atoms with Gasteiger partial charge in [0.05, 0.1) is 0 Å². The minimum absolute atomic E-state index is 0.159. The van der Waals surface area contributed by atoms with Crippen LogP contribution >= 0.6 is 0 Å². The molecule has 1 aromatic rings. The number of nitrogens with two attached hydrogens (primary N) is 1. The van der Waals surface area contributed by atoms with Crippen molar-refractivity contribution in [2.45, 2.75) is 32.2 Å². The molecule has 2 atom stereocenters. The molecule has 2 fully saturated rings. The molecule has 2 heterocycles. The number of hydrogen-bond donors (Lipinski definition) is 2. The number of piperidine rings is 2. The van der Waals surface area contributed by atoms with Gasteiger partial charge in [0.1, 0.15) is 5.84 Å². The van der Waals surface area contributed by atoms with E-state index >= 15 is 0 Å². The van der Waals surface area contributed by atoms with Crippen LogP contribution in [0.25, 0.3) is 0 Å². The van der Waals surface area contributed by atoms with Crippen molar-refractivity contribution in [1.82, 2.24) is 4.90 Å². The van der Waals surface area contributed by atoms with E-state index in [2.05, 4.69) is 29.0 Å². The fourth-order valence-electron chi connectivity index (χ4n) is 4.03. The van der Waals surface area contributed by atoms with Crippen molar-refractivity contribution in [1.29, 1.82) is 5.41 Å². The Morgan fingerprint density at radius 1 is 1.29 bits per heavy atom. The van der Waals surface area contributed by atoms with Gasteiger partial charge in [0.25, 0.3) is 0 Å². The van der Waals surface area contributed by atoms with Gasteiger partial charge in [-0.15, -0.1) is 0 Å². The Morgan fingerprint density at radius 3 is 2.81 bits per heavy atom. The fraction of sp³-hybridized carbons (Fsp3) is 0.588. The number of anilines is 1. The van der Waals surface area contributed by atoms with E-state index in [9.17, 15) is 0 Å². The minimum Gasteiger partial charge on any atom is -0.384 e. The number of fused-ring (bicyclic) bond motifs is 1. The third-order valence-electron chi connectivity index (χ3n) is 5.21. The second-order valence-corrected chi connectivity index (χ2v) is 6.60. The van der Waals surface area contributed by atoms with Gasteiger partial charge in [0.2, 0.25) is 0 Å². The number of likely N-dealkylation sites (tertiary alicyclic amines) is 1. The Labute approximate surface area is 127 Å². The van der Waals surface area contributed by atoms with E-state index in [1.165, 1.54) is 31.5 Å². The third-order valence-corrected chi connectivity index (χ3v) is 5.21. The highest BCUT2D eigenvalue weighted by Crippen LogP contribution is 2.32. The fourth-order valence-corrected chi connectivity index (χ4v) is 4.03. The smallest absolute Gasteiger partial charge is 0.123 e. The molecule has 21 heavy (non-hydrogen) atoms. The summed E-state index contributed by atoms with van der Waals surface area (Å²) in [5.74, 6) is 0.956. The molecule has 0 saturated carbocycles. The normalized spacial score (nSPS) is 26.5. The summed E-state index contributed by atoms with van der Waals surface area (Å²) in [4.78, 5) is 5.06. The predicted octanol–water partition coefficient (Wildman–Crippen LogP) is 2.20. The standard InChI is InChI=1S/C17H26N4/c1-12-10-14(5-6-15(12)17(18)19)21-9-7-16-13(11-21)4-3-8-20(16)2/h5-6,10,13,16H,3-4,7-9,11H2,1-2H3,(H3,18,19). The molecule has 1 aromatic carbocycles. The van der Waals surface area contributed by atoms with Gasteiger partial charge in [-0.2, -0.15) is 0 Å². The maximum atomic E-state index is 7.59. The first-order valence-electron chi connectivity index (χ1n) is 7.96. The molecule has 0 spiro atoms.